The Bertz CT molecular complexity index is 643. The summed E-state index contributed by atoms with van der Waals surface area (Å²) in [5.41, 5.74) is 0.0391. The van der Waals surface area contributed by atoms with Crippen molar-refractivity contribution in [1.29, 1.82) is 0 Å². The Balaban J connectivity index is 1.69. The smallest absolute Gasteiger partial charge is 0.350 e. The van der Waals surface area contributed by atoms with Crippen molar-refractivity contribution in [3.63, 3.8) is 0 Å². The van der Waals surface area contributed by atoms with Crippen LogP contribution in [0.15, 0.2) is 9.85 Å². The zero-order chi connectivity index (χ0) is 16.6. The van der Waals surface area contributed by atoms with Crippen molar-refractivity contribution >= 4 is 50.5 Å². The molecule has 2 aliphatic rings. The SMILES string of the molecule is COC(=O)c1sc(Br)cc1NC1CCC2(CC1)C(=O)CCC2=O. The summed E-state index contributed by atoms with van der Waals surface area (Å²) in [6, 6.07) is 2.03. The molecule has 3 rings (SSSR count). The third kappa shape index (κ3) is 2.96. The van der Waals surface area contributed by atoms with Gasteiger partial charge in [-0.15, -0.1) is 11.3 Å². The number of thiophene rings is 1. The Kier molecular flexibility index (Phi) is 4.60. The van der Waals surface area contributed by atoms with Crippen LogP contribution in [0.1, 0.15) is 48.2 Å². The van der Waals surface area contributed by atoms with Crippen molar-refractivity contribution in [3.8, 4) is 0 Å². The lowest BCUT2D eigenvalue weighted by Crippen LogP contribution is -2.40. The van der Waals surface area contributed by atoms with Crippen molar-refractivity contribution < 1.29 is 19.1 Å². The number of esters is 1. The first-order chi connectivity index (χ1) is 11.0. The minimum absolute atomic E-state index is 0.120. The third-order valence-corrected chi connectivity index (χ3v) is 6.54. The Labute approximate surface area is 146 Å². The van der Waals surface area contributed by atoms with Gasteiger partial charge in [0.05, 0.1) is 22.0 Å². The van der Waals surface area contributed by atoms with Crippen LogP contribution in [0.2, 0.25) is 0 Å². The van der Waals surface area contributed by atoms with Crippen LogP contribution in [-0.2, 0) is 14.3 Å². The number of Topliss-reactive ketones (excluding diaryl/α,β-unsaturated/α-hetero) is 2. The molecule has 1 N–H and O–H groups in total. The molecule has 1 aromatic rings. The molecule has 0 amide bonds. The molecule has 0 bridgehead atoms. The fourth-order valence-corrected chi connectivity index (χ4v) is 5.09. The number of hydrogen-bond donors (Lipinski definition) is 1. The van der Waals surface area contributed by atoms with Gasteiger partial charge in [-0.25, -0.2) is 4.79 Å². The molecule has 0 aromatic carbocycles. The molecule has 1 aromatic heterocycles. The molecule has 1 heterocycles. The standard InChI is InChI=1S/C16H18BrNO4S/c1-22-15(21)14-10(8-13(17)23-14)18-9-4-6-16(7-5-9)11(19)2-3-12(16)20/h8-9,18H,2-7H2,1H3. The molecule has 0 radical (unpaired) electrons. The Morgan fingerprint density at radius 3 is 2.48 bits per heavy atom. The van der Waals surface area contributed by atoms with Crippen molar-refractivity contribution in [3.05, 3.63) is 14.7 Å². The van der Waals surface area contributed by atoms with Gasteiger partial charge in [-0.3, -0.25) is 9.59 Å². The van der Waals surface area contributed by atoms with E-state index in [0.29, 0.717) is 30.6 Å². The van der Waals surface area contributed by atoms with E-state index in [4.69, 9.17) is 4.74 Å². The number of ether oxygens (including phenoxy) is 1. The molecular weight excluding hydrogens is 382 g/mol. The van der Waals surface area contributed by atoms with Crippen LogP contribution in [0.5, 0.6) is 0 Å². The van der Waals surface area contributed by atoms with Gasteiger partial charge in [0.2, 0.25) is 0 Å². The van der Waals surface area contributed by atoms with Gasteiger partial charge in [-0.05, 0) is 47.7 Å². The average Bonchev–Trinajstić information content (AvgIpc) is 3.04. The van der Waals surface area contributed by atoms with Gasteiger partial charge in [-0.1, -0.05) is 0 Å². The van der Waals surface area contributed by atoms with Crippen LogP contribution >= 0.6 is 27.3 Å². The minimum Gasteiger partial charge on any atom is -0.465 e. The molecule has 2 saturated carbocycles. The third-order valence-electron chi connectivity index (χ3n) is 4.92. The molecule has 23 heavy (non-hydrogen) atoms. The van der Waals surface area contributed by atoms with E-state index >= 15 is 0 Å². The van der Waals surface area contributed by atoms with E-state index < -0.39 is 5.41 Å². The average molecular weight is 400 g/mol. The Morgan fingerprint density at radius 2 is 1.91 bits per heavy atom. The van der Waals surface area contributed by atoms with E-state index in [1.165, 1.54) is 18.4 Å². The largest absolute Gasteiger partial charge is 0.465 e. The Morgan fingerprint density at radius 1 is 1.30 bits per heavy atom. The molecule has 0 saturated heterocycles. The summed E-state index contributed by atoms with van der Waals surface area (Å²) >= 11 is 4.72. The van der Waals surface area contributed by atoms with Crippen molar-refractivity contribution in [2.45, 2.75) is 44.6 Å². The molecule has 5 nitrogen and oxygen atoms in total. The monoisotopic (exact) mass is 399 g/mol. The lowest BCUT2D eigenvalue weighted by Gasteiger charge is -2.35. The van der Waals surface area contributed by atoms with E-state index in [-0.39, 0.29) is 23.6 Å². The summed E-state index contributed by atoms with van der Waals surface area (Å²) in [5, 5.41) is 3.38. The van der Waals surface area contributed by atoms with E-state index in [1.807, 2.05) is 6.07 Å². The summed E-state index contributed by atoms with van der Waals surface area (Å²) in [7, 11) is 1.36. The molecule has 7 heteroatoms. The van der Waals surface area contributed by atoms with Crippen molar-refractivity contribution in [2.24, 2.45) is 5.41 Å². The number of rotatable bonds is 3. The number of ketones is 2. The van der Waals surface area contributed by atoms with Gasteiger partial charge in [0.15, 0.2) is 0 Å². The molecule has 2 aliphatic carbocycles. The summed E-state index contributed by atoms with van der Waals surface area (Å²) in [4.78, 5) is 36.6. The topological polar surface area (TPSA) is 72.5 Å². The lowest BCUT2D eigenvalue weighted by molar-refractivity contribution is -0.137. The number of hydrogen-bond acceptors (Lipinski definition) is 6. The van der Waals surface area contributed by atoms with Gasteiger partial charge in [0.1, 0.15) is 16.4 Å². The lowest BCUT2D eigenvalue weighted by atomic mass is 9.70. The quantitative estimate of drug-likeness (QED) is 0.621. The van der Waals surface area contributed by atoms with E-state index in [0.717, 1.165) is 22.3 Å². The van der Waals surface area contributed by atoms with Crippen LogP contribution in [0.3, 0.4) is 0 Å². The Hall–Kier alpha value is -1.21. The van der Waals surface area contributed by atoms with Gasteiger partial charge in [-0.2, -0.15) is 0 Å². The van der Waals surface area contributed by atoms with Crippen LogP contribution in [0.25, 0.3) is 0 Å². The maximum atomic E-state index is 12.1. The van der Waals surface area contributed by atoms with E-state index in [1.54, 1.807) is 0 Å². The highest BCUT2D eigenvalue weighted by Crippen LogP contribution is 2.45. The zero-order valence-corrected chi connectivity index (χ0v) is 15.2. The summed E-state index contributed by atoms with van der Waals surface area (Å²) < 4.78 is 5.66. The number of carbonyl (C=O) groups excluding carboxylic acids is 3. The number of anilines is 1. The van der Waals surface area contributed by atoms with E-state index in [9.17, 15) is 14.4 Å². The zero-order valence-electron chi connectivity index (χ0n) is 12.8. The molecule has 0 aliphatic heterocycles. The predicted octanol–water partition coefficient (Wildman–Crippen LogP) is 3.57. The van der Waals surface area contributed by atoms with Crippen LogP contribution in [0, 0.1) is 5.41 Å². The fraction of sp³-hybridized carbons (Fsp3) is 0.562. The van der Waals surface area contributed by atoms with Crippen LogP contribution < -0.4 is 5.32 Å². The second-order valence-corrected chi connectivity index (χ2v) is 8.56. The van der Waals surface area contributed by atoms with Gasteiger partial charge < -0.3 is 10.1 Å². The van der Waals surface area contributed by atoms with Crippen molar-refractivity contribution in [1.82, 2.24) is 0 Å². The summed E-state index contributed by atoms with van der Waals surface area (Å²) in [6.07, 6.45) is 3.54. The number of methoxy groups -OCH3 is 1. The highest BCUT2D eigenvalue weighted by atomic mass is 79.9. The van der Waals surface area contributed by atoms with Crippen molar-refractivity contribution in [2.75, 3.05) is 12.4 Å². The minimum atomic E-state index is -0.710. The molecule has 0 unspecified atom stereocenters. The van der Waals surface area contributed by atoms with E-state index in [2.05, 4.69) is 21.2 Å². The fourth-order valence-electron chi connectivity index (χ4n) is 3.61. The number of nitrogens with one attached hydrogen (secondary N) is 1. The van der Waals surface area contributed by atoms with Gasteiger partial charge in [0.25, 0.3) is 0 Å². The van der Waals surface area contributed by atoms with Gasteiger partial charge in [0, 0.05) is 18.9 Å². The number of halogens is 1. The predicted molar refractivity (Wildman–Crippen MR) is 90.9 cm³/mol. The highest BCUT2D eigenvalue weighted by Gasteiger charge is 2.50. The van der Waals surface area contributed by atoms with Crippen LogP contribution in [0.4, 0.5) is 5.69 Å². The second-order valence-electron chi connectivity index (χ2n) is 6.13. The second kappa shape index (κ2) is 6.36. The first-order valence-electron chi connectivity index (χ1n) is 7.67. The normalized spacial score (nSPS) is 21.0. The maximum Gasteiger partial charge on any atom is 0.350 e. The first-order valence-corrected chi connectivity index (χ1v) is 9.28. The first kappa shape index (κ1) is 16.6. The van der Waals surface area contributed by atoms with Crippen LogP contribution in [-0.4, -0.2) is 30.7 Å². The van der Waals surface area contributed by atoms with Gasteiger partial charge >= 0.3 is 5.97 Å². The molecule has 2 fully saturated rings. The maximum absolute atomic E-state index is 12.1. The molecule has 124 valence electrons. The number of carbonyl (C=O) groups is 3. The molecule has 0 atom stereocenters. The summed E-state index contributed by atoms with van der Waals surface area (Å²) in [6.45, 7) is 0. The summed E-state index contributed by atoms with van der Waals surface area (Å²) in [5.74, 6) is -0.124. The molecule has 1 spiro atoms. The highest BCUT2D eigenvalue weighted by molar-refractivity contribution is 9.11. The molecular formula is C16H18BrNO4S.